The summed E-state index contributed by atoms with van der Waals surface area (Å²) >= 11 is 0. The molecule has 0 aliphatic heterocycles. The molecule has 2 N–H and O–H groups in total. The van der Waals surface area contributed by atoms with Crippen molar-refractivity contribution in [2.24, 2.45) is 0 Å². The zero-order valence-corrected chi connectivity index (χ0v) is 13.4. The molecular weight excluding hydrogens is 307 g/mol. The van der Waals surface area contributed by atoms with Gasteiger partial charge in [-0.3, -0.25) is 9.59 Å². The van der Waals surface area contributed by atoms with E-state index >= 15 is 0 Å². The van der Waals surface area contributed by atoms with Crippen LogP contribution in [0.1, 0.15) is 31.7 Å². The molecule has 1 saturated carbocycles. The Morgan fingerprint density at radius 2 is 1.54 bits per heavy atom. The lowest BCUT2D eigenvalue weighted by Crippen LogP contribution is -2.46. The number of rotatable bonds is 4. The fourth-order valence-corrected chi connectivity index (χ4v) is 3.09. The van der Waals surface area contributed by atoms with E-state index < -0.39 is 5.41 Å². The molecule has 1 aliphatic rings. The van der Waals surface area contributed by atoms with Crippen LogP contribution in [0.3, 0.4) is 0 Å². The molecule has 1 aliphatic carbocycles. The van der Waals surface area contributed by atoms with Gasteiger partial charge >= 0.3 is 0 Å². The van der Waals surface area contributed by atoms with E-state index in [1.165, 1.54) is 13.0 Å². The molecule has 1 fully saturated rings. The Hall–Kier alpha value is -2.69. The van der Waals surface area contributed by atoms with E-state index in [4.69, 9.17) is 0 Å². The van der Waals surface area contributed by atoms with Crippen molar-refractivity contribution in [1.82, 2.24) is 0 Å². The van der Waals surface area contributed by atoms with Crippen LogP contribution in [0.2, 0.25) is 0 Å². The number of benzene rings is 2. The molecule has 0 aromatic heterocycles. The monoisotopic (exact) mass is 326 g/mol. The molecule has 2 aromatic rings. The summed E-state index contributed by atoms with van der Waals surface area (Å²) in [6, 6.07) is 13.3. The lowest BCUT2D eigenvalue weighted by Gasteiger charge is -2.40. The minimum Gasteiger partial charge on any atom is -0.326 e. The molecule has 0 atom stereocenters. The van der Waals surface area contributed by atoms with Gasteiger partial charge in [-0.2, -0.15) is 0 Å². The SMILES string of the molecule is CC(=O)Nc1ccc(NC(=O)C2(c3ccccc3F)CCC2)cc1. The first-order chi connectivity index (χ1) is 11.5. The number of nitrogens with one attached hydrogen (secondary N) is 2. The predicted molar refractivity (Wildman–Crippen MR) is 91.3 cm³/mol. The van der Waals surface area contributed by atoms with Crippen LogP contribution in [-0.2, 0) is 15.0 Å². The Bertz CT molecular complexity index is 767. The smallest absolute Gasteiger partial charge is 0.235 e. The maximum absolute atomic E-state index is 14.2. The molecule has 24 heavy (non-hydrogen) atoms. The minimum atomic E-state index is -0.790. The summed E-state index contributed by atoms with van der Waals surface area (Å²) in [6.07, 6.45) is 2.19. The molecule has 3 rings (SSSR count). The molecule has 0 spiro atoms. The molecule has 2 aromatic carbocycles. The van der Waals surface area contributed by atoms with Gasteiger partial charge in [0.1, 0.15) is 5.82 Å². The summed E-state index contributed by atoms with van der Waals surface area (Å²) in [6.45, 7) is 1.43. The summed E-state index contributed by atoms with van der Waals surface area (Å²) in [5.41, 5.74) is 0.954. The third-order valence-corrected chi connectivity index (χ3v) is 4.49. The number of amides is 2. The second kappa shape index (κ2) is 6.43. The number of hydrogen-bond acceptors (Lipinski definition) is 2. The first-order valence-corrected chi connectivity index (χ1v) is 7.95. The second-order valence-electron chi connectivity index (χ2n) is 6.13. The maximum Gasteiger partial charge on any atom is 0.235 e. The van der Waals surface area contributed by atoms with E-state index in [1.54, 1.807) is 42.5 Å². The van der Waals surface area contributed by atoms with Crippen molar-refractivity contribution < 1.29 is 14.0 Å². The summed E-state index contributed by atoms with van der Waals surface area (Å²) in [4.78, 5) is 23.8. The van der Waals surface area contributed by atoms with Crippen LogP contribution in [0, 0.1) is 5.82 Å². The third-order valence-electron chi connectivity index (χ3n) is 4.49. The Morgan fingerprint density at radius 3 is 2.04 bits per heavy atom. The third kappa shape index (κ3) is 3.02. The van der Waals surface area contributed by atoms with Crippen molar-refractivity contribution in [3.05, 3.63) is 59.9 Å². The van der Waals surface area contributed by atoms with E-state index in [1.807, 2.05) is 0 Å². The first kappa shape index (κ1) is 16.2. The molecule has 124 valence electrons. The van der Waals surface area contributed by atoms with Crippen LogP contribution in [0.5, 0.6) is 0 Å². The van der Waals surface area contributed by atoms with E-state index in [0.717, 1.165) is 6.42 Å². The number of anilines is 2. The number of carbonyl (C=O) groups excluding carboxylic acids is 2. The highest BCUT2D eigenvalue weighted by Gasteiger charge is 2.47. The molecule has 0 heterocycles. The fraction of sp³-hybridized carbons (Fsp3) is 0.263. The molecule has 4 nitrogen and oxygen atoms in total. The average molecular weight is 326 g/mol. The highest BCUT2D eigenvalue weighted by atomic mass is 19.1. The van der Waals surface area contributed by atoms with E-state index in [0.29, 0.717) is 29.8 Å². The van der Waals surface area contributed by atoms with Gasteiger partial charge in [-0.25, -0.2) is 4.39 Å². The zero-order valence-electron chi connectivity index (χ0n) is 13.4. The molecule has 0 bridgehead atoms. The normalized spacial score (nSPS) is 15.2. The summed E-state index contributed by atoms with van der Waals surface area (Å²) in [5, 5.41) is 5.54. The predicted octanol–water partition coefficient (Wildman–Crippen LogP) is 3.84. The molecular formula is C19H19FN2O2. The van der Waals surface area contributed by atoms with Crippen LogP contribution in [0.15, 0.2) is 48.5 Å². The van der Waals surface area contributed by atoms with Crippen LogP contribution in [-0.4, -0.2) is 11.8 Å². The van der Waals surface area contributed by atoms with Crippen LogP contribution < -0.4 is 10.6 Å². The summed E-state index contributed by atoms with van der Waals surface area (Å²) < 4.78 is 14.2. The average Bonchev–Trinajstić information content (AvgIpc) is 2.49. The van der Waals surface area contributed by atoms with E-state index in [2.05, 4.69) is 10.6 Å². The van der Waals surface area contributed by atoms with Gasteiger partial charge in [-0.15, -0.1) is 0 Å². The highest BCUT2D eigenvalue weighted by Crippen LogP contribution is 2.45. The lowest BCUT2D eigenvalue weighted by molar-refractivity contribution is -0.124. The Morgan fingerprint density at radius 1 is 0.958 bits per heavy atom. The molecule has 5 heteroatoms. The van der Waals surface area contributed by atoms with Crippen LogP contribution in [0.4, 0.5) is 15.8 Å². The zero-order chi connectivity index (χ0) is 17.2. The van der Waals surface area contributed by atoms with Gasteiger partial charge in [0, 0.05) is 23.9 Å². The molecule has 0 radical (unpaired) electrons. The van der Waals surface area contributed by atoms with Crippen molar-refractivity contribution in [2.45, 2.75) is 31.6 Å². The van der Waals surface area contributed by atoms with Gasteiger partial charge in [0.2, 0.25) is 11.8 Å². The number of hydrogen-bond donors (Lipinski definition) is 2. The van der Waals surface area contributed by atoms with Crippen molar-refractivity contribution >= 4 is 23.2 Å². The Labute approximate surface area is 140 Å². The van der Waals surface area contributed by atoms with Gasteiger partial charge in [0.25, 0.3) is 0 Å². The van der Waals surface area contributed by atoms with E-state index in [9.17, 15) is 14.0 Å². The van der Waals surface area contributed by atoms with Gasteiger partial charge in [0.05, 0.1) is 5.41 Å². The number of halogens is 1. The van der Waals surface area contributed by atoms with Gasteiger partial charge in [-0.05, 0) is 43.2 Å². The van der Waals surface area contributed by atoms with Crippen molar-refractivity contribution in [3.8, 4) is 0 Å². The standard InChI is InChI=1S/C19H19FN2O2/c1-13(23)21-14-7-9-15(10-8-14)22-18(24)19(11-4-12-19)16-5-2-3-6-17(16)20/h2-3,5-10H,4,11-12H2,1H3,(H,21,23)(H,22,24). The second-order valence-corrected chi connectivity index (χ2v) is 6.13. The Kier molecular flexibility index (Phi) is 4.34. The lowest BCUT2D eigenvalue weighted by atomic mass is 9.63. The molecule has 2 amide bonds. The van der Waals surface area contributed by atoms with Gasteiger partial charge in [-0.1, -0.05) is 24.6 Å². The highest BCUT2D eigenvalue weighted by molar-refractivity contribution is 6.00. The van der Waals surface area contributed by atoms with Crippen molar-refractivity contribution in [2.75, 3.05) is 10.6 Å². The maximum atomic E-state index is 14.2. The molecule has 0 unspecified atom stereocenters. The van der Waals surface area contributed by atoms with Crippen LogP contribution in [0.25, 0.3) is 0 Å². The van der Waals surface area contributed by atoms with Crippen molar-refractivity contribution in [3.63, 3.8) is 0 Å². The molecule has 0 saturated heterocycles. The summed E-state index contributed by atoms with van der Waals surface area (Å²) in [7, 11) is 0. The van der Waals surface area contributed by atoms with Crippen molar-refractivity contribution in [1.29, 1.82) is 0 Å². The largest absolute Gasteiger partial charge is 0.326 e. The number of carbonyl (C=O) groups is 2. The van der Waals surface area contributed by atoms with Crippen LogP contribution >= 0.6 is 0 Å². The van der Waals surface area contributed by atoms with Gasteiger partial charge in [0.15, 0.2) is 0 Å². The first-order valence-electron chi connectivity index (χ1n) is 7.95. The minimum absolute atomic E-state index is 0.153. The Balaban J connectivity index is 1.78. The van der Waals surface area contributed by atoms with E-state index in [-0.39, 0.29) is 17.6 Å². The fourth-order valence-electron chi connectivity index (χ4n) is 3.09. The van der Waals surface area contributed by atoms with Gasteiger partial charge < -0.3 is 10.6 Å². The summed E-state index contributed by atoms with van der Waals surface area (Å²) in [5.74, 6) is -0.681. The quantitative estimate of drug-likeness (QED) is 0.897. The topological polar surface area (TPSA) is 58.2 Å².